The Morgan fingerprint density at radius 2 is 2.00 bits per heavy atom. The van der Waals surface area contributed by atoms with E-state index in [-0.39, 0.29) is 11.7 Å². The first kappa shape index (κ1) is 14.3. The number of hydrogen-bond donors (Lipinski definition) is 3. The molecule has 1 heterocycles. The van der Waals surface area contributed by atoms with Crippen LogP contribution in [0, 0.1) is 0 Å². The Morgan fingerprint density at radius 1 is 1.30 bits per heavy atom. The fourth-order valence-corrected chi connectivity index (χ4v) is 1.78. The zero-order valence-corrected chi connectivity index (χ0v) is 11.3. The monoisotopic (exact) mass is 291 g/mol. The summed E-state index contributed by atoms with van der Waals surface area (Å²) in [5.74, 6) is -0.124. The van der Waals surface area contributed by atoms with E-state index in [0.29, 0.717) is 17.3 Å². The number of carbonyl (C=O) groups is 1. The highest BCUT2D eigenvalue weighted by Gasteiger charge is 2.14. The second kappa shape index (κ2) is 6.36. The number of anilines is 1. The third kappa shape index (κ3) is 3.94. The minimum Gasteiger partial charge on any atom is -0.508 e. The van der Waals surface area contributed by atoms with E-state index in [1.54, 1.807) is 36.4 Å². The topological polar surface area (TPSA) is 88.2 Å². The predicted molar refractivity (Wildman–Crippen MR) is 77.7 cm³/mol. The van der Waals surface area contributed by atoms with E-state index in [2.05, 4.69) is 10.3 Å². The summed E-state index contributed by atoms with van der Waals surface area (Å²) in [5.41, 5.74) is 7.26. The van der Waals surface area contributed by atoms with Crippen LogP contribution in [0.4, 0.5) is 5.69 Å². The molecule has 1 aromatic carbocycles. The number of nitrogens with zero attached hydrogens (tertiary/aromatic N) is 1. The van der Waals surface area contributed by atoms with Crippen molar-refractivity contribution < 1.29 is 9.90 Å². The van der Waals surface area contributed by atoms with Gasteiger partial charge in [0.05, 0.1) is 17.9 Å². The summed E-state index contributed by atoms with van der Waals surface area (Å²) < 4.78 is 0. The van der Waals surface area contributed by atoms with Crippen LogP contribution in [0.15, 0.2) is 42.6 Å². The molecule has 0 aliphatic rings. The summed E-state index contributed by atoms with van der Waals surface area (Å²) in [7, 11) is 0. The van der Waals surface area contributed by atoms with Gasteiger partial charge in [-0.2, -0.15) is 0 Å². The summed E-state index contributed by atoms with van der Waals surface area (Å²) in [5, 5.41) is 12.2. The summed E-state index contributed by atoms with van der Waals surface area (Å²) >= 11 is 5.66. The van der Waals surface area contributed by atoms with Gasteiger partial charge in [0, 0.05) is 0 Å². The van der Waals surface area contributed by atoms with Gasteiger partial charge in [-0.05, 0) is 36.2 Å². The van der Waals surface area contributed by atoms with Crippen LogP contribution in [0.5, 0.6) is 5.75 Å². The molecular weight excluding hydrogens is 278 g/mol. The maximum Gasteiger partial charge on any atom is 0.241 e. The average Bonchev–Trinajstić information content (AvgIpc) is 2.44. The molecule has 0 saturated heterocycles. The zero-order valence-electron chi connectivity index (χ0n) is 10.6. The lowest BCUT2D eigenvalue weighted by molar-refractivity contribution is -0.117. The molecule has 104 valence electrons. The van der Waals surface area contributed by atoms with Gasteiger partial charge in [0.25, 0.3) is 0 Å². The molecule has 0 saturated carbocycles. The van der Waals surface area contributed by atoms with Gasteiger partial charge in [-0.1, -0.05) is 23.7 Å². The zero-order chi connectivity index (χ0) is 14.5. The fourth-order valence-electron chi connectivity index (χ4n) is 1.66. The number of nitrogens with two attached hydrogens (primary N) is 1. The number of hydrogen-bond acceptors (Lipinski definition) is 4. The minimum atomic E-state index is -0.685. The number of aromatic nitrogens is 1. The highest BCUT2D eigenvalue weighted by Crippen LogP contribution is 2.12. The number of phenolic OH excluding ortho intramolecular Hbond substituents is 1. The number of amides is 1. The second-order valence-corrected chi connectivity index (χ2v) is 4.72. The van der Waals surface area contributed by atoms with Crippen molar-refractivity contribution in [2.45, 2.75) is 12.5 Å². The largest absolute Gasteiger partial charge is 0.508 e. The first-order valence-electron chi connectivity index (χ1n) is 6.00. The highest BCUT2D eigenvalue weighted by molar-refractivity contribution is 6.29. The summed E-state index contributed by atoms with van der Waals surface area (Å²) in [6.07, 6.45) is 1.85. The predicted octanol–water partition coefficient (Wildman–Crippen LogP) is 1.95. The van der Waals surface area contributed by atoms with Crippen LogP contribution in [0.2, 0.25) is 5.15 Å². The lowest BCUT2D eigenvalue weighted by Crippen LogP contribution is -2.37. The number of pyridine rings is 1. The molecule has 0 bridgehead atoms. The van der Waals surface area contributed by atoms with Gasteiger partial charge in [-0.3, -0.25) is 4.79 Å². The molecule has 1 atom stereocenters. The van der Waals surface area contributed by atoms with Gasteiger partial charge >= 0.3 is 0 Å². The van der Waals surface area contributed by atoms with Gasteiger partial charge in [0.1, 0.15) is 10.9 Å². The van der Waals surface area contributed by atoms with Crippen LogP contribution < -0.4 is 11.1 Å². The van der Waals surface area contributed by atoms with Crippen molar-refractivity contribution in [1.82, 2.24) is 4.98 Å². The molecule has 0 unspecified atom stereocenters. The molecule has 0 aliphatic carbocycles. The number of carbonyl (C=O) groups excluding carboxylic acids is 1. The summed E-state index contributed by atoms with van der Waals surface area (Å²) in [4.78, 5) is 15.8. The quantitative estimate of drug-likeness (QED) is 0.751. The van der Waals surface area contributed by atoms with Crippen molar-refractivity contribution in [2.75, 3.05) is 5.32 Å². The van der Waals surface area contributed by atoms with Gasteiger partial charge in [-0.25, -0.2) is 4.98 Å². The van der Waals surface area contributed by atoms with E-state index < -0.39 is 6.04 Å². The Morgan fingerprint density at radius 3 is 2.60 bits per heavy atom. The van der Waals surface area contributed by atoms with Gasteiger partial charge in [0.15, 0.2) is 0 Å². The van der Waals surface area contributed by atoms with E-state index in [9.17, 15) is 9.90 Å². The molecule has 0 fully saturated rings. The SMILES string of the molecule is N[C@H](Cc1ccc(O)cc1)C(=O)Nc1ccc(Cl)nc1. The Balaban J connectivity index is 1.94. The van der Waals surface area contributed by atoms with Crippen LogP contribution in [0.1, 0.15) is 5.56 Å². The molecule has 2 rings (SSSR count). The van der Waals surface area contributed by atoms with Crippen LogP contribution in [0.25, 0.3) is 0 Å². The summed E-state index contributed by atoms with van der Waals surface area (Å²) in [6, 6.07) is 9.13. The van der Waals surface area contributed by atoms with E-state index in [4.69, 9.17) is 17.3 Å². The molecule has 4 N–H and O–H groups in total. The Bertz CT molecular complexity index is 584. The highest BCUT2D eigenvalue weighted by atomic mass is 35.5. The number of halogens is 1. The Hall–Kier alpha value is -2.11. The molecule has 2 aromatic rings. The van der Waals surface area contributed by atoms with E-state index in [1.165, 1.54) is 6.20 Å². The lowest BCUT2D eigenvalue weighted by Gasteiger charge is -2.12. The maximum absolute atomic E-state index is 11.9. The van der Waals surface area contributed by atoms with Gasteiger partial charge < -0.3 is 16.2 Å². The molecule has 6 heteroatoms. The maximum atomic E-state index is 11.9. The van der Waals surface area contributed by atoms with E-state index in [0.717, 1.165) is 5.56 Å². The van der Waals surface area contributed by atoms with Crippen LogP contribution in [-0.2, 0) is 11.2 Å². The minimum absolute atomic E-state index is 0.180. The lowest BCUT2D eigenvalue weighted by atomic mass is 10.1. The number of phenols is 1. The Labute approximate surface area is 121 Å². The van der Waals surface area contributed by atoms with Crippen molar-refractivity contribution in [1.29, 1.82) is 0 Å². The fraction of sp³-hybridized carbons (Fsp3) is 0.143. The smallest absolute Gasteiger partial charge is 0.241 e. The normalized spacial score (nSPS) is 11.9. The number of nitrogens with one attached hydrogen (secondary N) is 1. The van der Waals surface area contributed by atoms with Crippen LogP contribution in [0.3, 0.4) is 0 Å². The first-order valence-corrected chi connectivity index (χ1v) is 6.38. The number of rotatable bonds is 4. The Kier molecular flexibility index (Phi) is 4.55. The second-order valence-electron chi connectivity index (χ2n) is 4.34. The standard InChI is InChI=1S/C14H14ClN3O2/c15-13-6-3-10(8-17-13)18-14(20)12(16)7-9-1-4-11(19)5-2-9/h1-6,8,12,19H,7,16H2,(H,18,20)/t12-/m1/s1. The van der Waals surface area contributed by atoms with E-state index in [1.807, 2.05) is 0 Å². The van der Waals surface area contributed by atoms with Gasteiger partial charge in [0.2, 0.25) is 5.91 Å². The number of benzene rings is 1. The third-order valence-electron chi connectivity index (χ3n) is 2.72. The van der Waals surface area contributed by atoms with Crippen LogP contribution >= 0.6 is 11.6 Å². The van der Waals surface area contributed by atoms with Crippen molar-refractivity contribution in [3.8, 4) is 5.75 Å². The number of aromatic hydroxyl groups is 1. The summed E-state index contributed by atoms with van der Waals surface area (Å²) in [6.45, 7) is 0. The molecule has 0 radical (unpaired) electrons. The van der Waals surface area contributed by atoms with Crippen molar-refractivity contribution in [3.63, 3.8) is 0 Å². The van der Waals surface area contributed by atoms with Crippen LogP contribution in [-0.4, -0.2) is 22.0 Å². The molecule has 0 spiro atoms. The molecule has 5 nitrogen and oxygen atoms in total. The molecular formula is C14H14ClN3O2. The third-order valence-corrected chi connectivity index (χ3v) is 2.95. The van der Waals surface area contributed by atoms with Crippen molar-refractivity contribution in [3.05, 3.63) is 53.3 Å². The van der Waals surface area contributed by atoms with Crippen molar-refractivity contribution >= 4 is 23.2 Å². The van der Waals surface area contributed by atoms with Gasteiger partial charge in [-0.15, -0.1) is 0 Å². The van der Waals surface area contributed by atoms with Crippen molar-refractivity contribution in [2.24, 2.45) is 5.73 Å². The molecule has 1 aromatic heterocycles. The average molecular weight is 292 g/mol. The first-order chi connectivity index (χ1) is 9.54. The molecule has 1 amide bonds. The van der Waals surface area contributed by atoms with E-state index >= 15 is 0 Å². The molecule has 0 aliphatic heterocycles. The molecule has 20 heavy (non-hydrogen) atoms.